The maximum Gasteiger partial charge on any atom is 0.331 e. The second-order valence-electron chi connectivity index (χ2n) is 6.27. The van der Waals surface area contributed by atoms with Crippen molar-refractivity contribution in [2.24, 2.45) is 0 Å². The van der Waals surface area contributed by atoms with Crippen LogP contribution in [0, 0.1) is 0 Å². The van der Waals surface area contributed by atoms with Gasteiger partial charge in [-0.25, -0.2) is 9.48 Å². The van der Waals surface area contributed by atoms with Crippen LogP contribution in [0.3, 0.4) is 0 Å². The predicted molar refractivity (Wildman–Crippen MR) is 105 cm³/mol. The van der Waals surface area contributed by atoms with Gasteiger partial charge in [-0.3, -0.25) is 4.79 Å². The average molecular weight is 387 g/mol. The van der Waals surface area contributed by atoms with Gasteiger partial charge in [0.15, 0.2) is 17.6 Å². The minimum Gasteiger partial charge on any atom is -0.493 e. The standard InChI is InChI=1S/C20H25N3O5/c1-13(2)23-18(10-11-21-23)22-20(25)14(3)28-19(24)9-7-15-6-8-16(26-4)17(12-15)27-5/h6-14H,1-5H3,(H,22,25)/b9-7+/t14-/m0/s1. The summed E-state index contributed by atoms with van der Waals surface area (Å²) in [5.41, 5.74) is 0.729. The molecule has 0 aliphatic heterocycles. The van der Waals surface area contributed by atoms with Crippen LogP contribution >= 0.6 is 0 Å². The molecule has 0 saturated carbocycles. The van der Waals surface area contributed by atoms with Crippen molar-refractivity contribution in [2.75, 3.05) is 19.5 Å². The smallest absolute Gasteiger partial charge is 0.331 e. The molecule has 0 unspecified atom stereocenters. The number of rotatable bonds is 8. The number of methoxy groups -OCH3 is 2. The van der Waals surface area contributed by atoms with Crippen LogP contribution in [-0.2, 0) is 14.3 Å². The van der Waals surface area contributed by atoms with E-state index in [1.165, 1.54) is 20.1 Å². The molecule has 1 aromatic heterocycles. The van der Waals surface area contributed by atoms with Gasteiger partial charge in [0.2, 0.25) is 0 Å². The Balaban J connectivity index is 1.95. The number of benzene rings is 1. The second-order valence-corrected chi connectivity index (χ2v) is 6.27. The molecule has 1 aromatic carbocycles. The number of nitrogens with zero attached hydrogens (tertiary/aromatic N) is 2. The van der Waals surface area contributed by atoms with Crippen molar-refractivity contribution in [3.63, 3.8) is 0 Å². The van der Waals surface area contributed by atoms with E-state index in [1.807, 2.05) is 13.8 Å². The van der Waals surface area contributed by atoms with Gasteiger partial charge in [-0.05, 0) is 44.5 Å². The number of hydrogen-bond donors (Lipinski definition) is 1. The summed E-state index contributed by atoms with van der Waals surface area (Å²) in [6.07, 6.45) is 3.46. The van der Waals surface area contributed by atoms with Crippen molar-refractivity contribution in [2.45, 2.75) is 32.9 Å². The summed E-state index contributed by atoms with van der Waals surface area (Å²) in [6.45, 7) is 5.41. The quantitative estimate of drug-likeness (QED) is 0.553. The van der Waals surface area contributed by atoms with E-state index in [2.05, 4.69) is 10.4 Å². The lowest BCUT2D eigenvalue weighted by molar-refractivity contribution is -0.148. The third kappa shape index (κ3) is 5.35. The van der Waals surface area contributed by atoms with Gasteiger partial charge in [0.05, 0.1) is 20.4 Å². The molecule has 1 heterocycles. The Kier molecular flexibility index (Phi) is 7.20. The Bertz CT molecular complexity index is 857. The first-order chi connectivity index (χ1) is 13.3. The Hall–Kier alpha value is -3.29. The van der Waals surface area contributed by atoms with Crippen LogP contribution in [-0.4, -0.2) is 42.0 Å². The first-order valence-corrected chi connectivity index (χ1v) is 8.80. The van der Waals surface area contributed by atoms with Crippen LogP contribution in [0.5, 0.6) is 11.5 Å². The highest BCUT2D eigenvalue weighted by molar-refractivity contribution is 5.96. The Morgan fingerprint density at radius 2 is 1.82 bits per heavy atom. The summed E-state index contributed by atoms with van der Waals surface area (Å²) < 4.78 is 17.2. The molecule has 150 valence electrons. The Labute approximate surface area is 164 Å². The number of ether oxygens (including phenoxy) is 3. The zero-order valence-corrected chi connectivity index (χ0v) is 16.6. The van der Waals surface area contributed by atoms with E-state index in [0.29, 0.717) is 17.3 Å². The van der Waals surface area contributed by atoms with Crippen molar-refractivity contribution < 1.29 is 23.8 Å². The van der Waals surface area contributed by atoms with E-state index in [0.717, 1.165) is 5.56 Å². The number of aromatic nitrogens is 2. The summed E-state index contributed by atoms with van der Waals surface area (Å²) >= 11 is 0. The fourth-order valence-electron chi connectivity index (χ4n) is 2.44. The van der Waals surface area contributed by atoms with Crippen LogP contribution < -0.4 is 14.8 Å². The lowest BCUT2D eigenvalue weighted by atomic mass is 10.2. The molecule has 0 radical (unpaired) electrons. The molecule has 8 nitrogen and oxygen atoms in total. The summed E-state index contributed by atoms with van der Waals surface area (Å²) in [6, 6.07) is 7.01. The number of nitrogens with one attached hydrogen (secondary N) is 1. The lowest BCUT2D eigenvalue weighted by Crippen LogP contribution is -2.30. The van der Waals surface area contributed by atoms with Crippen LogP contribution in [0.2, 0.25) is 0 Å². The number of anilines is 1. The molecule has 2 aromatic rings. The van der Waals surface area contributed by atoms with E-state index >= 15 is 0 Å². The highest BCUT2D eigenvalue weighted by Crippen LogP contribution is 2.28. The topological polar surface area (TPSA) is 91.7 Å². The fraction of sp³-hybridized carbons (Fsp3) is 0.350. The van der Waals surface area contributed by atoms with Gasteiger partial charge in [-0.1, -0.05) is 6.07 Å². The largest absolute Gasteiger partial charge is 0.493 e. The monoisotopic (exact) mass is 387 g/mol. The first-order valence-electron chi connectivity index (χ1n) is 8.80. The number of carbonyl (C=O) groups is 2. The van der Waals surface area contributed by atoms with Gasteiger partial charge in [-0.2, -0.15) is 5.10 Å². The summed E-state index contributed by atoms with van der Waals surface area (Å²) in [7, 11) is 3.08. The molecular formula is C20H25N3O5. The third-order valence-corrected chi connectivity index (χ3v) is 3.89. The van der Waals surface area contributed by atoms with Crippen molar-refractivity contribution in [1.29, 1.82) is 0 Å². The second kappa shape index (κ2) is 9.59. The lowest BCUT2D eigenvalue weighted by Gasteiger charge is -2.15. The van der Waals surface area contributed by atoms with Gasteiger partial charge in [0, 0.05) is 18.2 Å². The van der Waals surface area contributed by atoms with Crippen LogP contribution in [0.1, 0.15) is 32.4 Å². The van der Waals surface area contributed by atoms with Crippen molar-refractivity contribution in [3.8, 4) is 11.5 Å². The van der Waals surface area contributed by atoms with Gasteiger partial charge in [0.1, 0.15) is 5.82 Å². The summed E-state index contributed by atoms with van der Waals surface area (Å²) in [4.78, 5) is 24.3. The molecule has 0 bridgehead atoms. The highest BCUT2D eigenvalue weighted by atomic mass is 16.5. The summed E-state index contributed by atoms with van der Waals surface area (Å²) in [5.74, 6) is 0.620. The van der Waals surface area contributed by atoms with Crippen molar-refractivity contribution >= 4 is 23.8 Å². The molecule has 0 aliphatic rings. The van der Waals surface area contributed by atoms with E-state index in [-0.39, 0.29) is 6.04 Å². The zero-order valence-electron chi connectivity index (χ0n) is 16.6. The number of hydrogen-bond acceptors (Lipinski definition) is 6. The average Bonchev–Trinajstić information content (AvgIpc) is 3.14. The minimum atomic E-state index is -0.960. The molecule has 1 N–H and O–H groups in total. The molecule has 0 saturated heterocycles. The third-order valence-electron chi connectivity index (χ3n) is 3.89. The van der Waals surface area contributed by atoms with Gasteiger partial charge < -0.3 is 19.5 Å². The normalized spacial score (nSPS) is 12.1. The van der Waals surface area contributed by atoms with Crippen LogP contribution in [0.25, 0.3) is 6.08 Å². The maximum atomic E-state index is 12.3. The molecule has 0 fully saturated rings. The van der Waals surface area contributed by atoms with E-state index < -0.39 is 18.0 Å². The highest BCUT2D eigenvalue weighted by Gasteiger charge is 2.18. The Morgan fingerprint density at radius 3 is 2.46 bits per heavy atom. The van der Waals surface area contributed by atoms with E-state index in [1.54, 1.807) is 48.3 Å². The van der Waals surface area contributed by atoms with E-state index in [9.17, 15) is 9.59 Å². The Morgan fingerprint density at radius 1 is 1.11 bits per heavy atom. The maximum absolute atomic E-state index is 12.3. The molecule has 8 heteroatoms. The molecule has 1 atom stereocenters. The van der Waals surface area contributed by atoms with Crippen molar-refractivity contribution in [1.82, 2.24) is 9.78 Å². The van der Waals surface area contributed by atoms with Gasteiger partial charge >= 0.3 is 5.97 Å². The molecule has 0 aliphatic carbocycles. The SMILES string of the molecule is COc1ccc(/C=C/C(=O)O[C@@H](C)C(=O)Nc2ccnn2C(C)C)cc1OC. The minimum absolute atomic E-state index is 0.0903. The van der Waals surface area contributed by atoms with Crippen LogP contribution in [0.15, 0.2) is 36.5 Å². The number of esters is 1. The molecule has 0 spiro atoms. The first kappa shape index (κ1) is 21.0. The van der Waals surface area contributed by atoms with E-state index in [4.69, 9.17) is 14.2 Å². The van der Waals surface area contributed by atoms with Crippen molar-refractivity contribution in [3.05, 3.63) is 42.1 Å². The zero-order chi connectivity index (χ0) is 20.7. The number of amides is 1. The van der Waals surface area contributed by atoms with Crippen LogP contribution in [0.4, 0.5) is 5.82 Å². The predicted octanol–water partition coefficient (Wildman–Crippen LogP) is 3.06. The fourth-order valence-corrected chi connectivity index (χ4v) is 2.44. The van der Waals surface area contributed by atoms with Gasteiger partial charge in [-0.15, -0.1) is 0 Å². The summed E-state index contributed by atoms with van der Waals surface area (Å²) in [5, 5.41) is 6.85. The van der Waals surface area contributed by atoms with Gasteiger partial charge in [0.25, 0.3) is 5.91 Å². The molecule has 1 amide bonds. The molecular weight excluding hydrogens is 362 g/mol. The molecule has 2 rings (SSSR count). The number of carbonyl (C=O) groups excluding carboxylic acids is 2. The molecule has 28 heavy (non-hydrogen) atoms.